The summed E-state index contributed by atoms with van der Waals surface area (Å²) in [6.07, 6.45) is 0.147. The number of rotatable bonds is 4. The van der Waals surface area contributed by atoms with Crippen molar-refractivity contribution in [3.63, 3.8) is 0 Å². The van der Waals surface area contributed by atoms with E-state index in [1.165, 1.54) is 6.07 Å². The molecule has 1 aromatic carbocycles. The second-order valence-electron chi connectivity index (χ2n) is 3.52. The normalized spacial score (nSPS) is 12.2. The van der Waals surface area contributed by atoms with E-state index in [1.807, 2.05) is 6.92 Å². The molecule has 0 bridgehead atoms. The van der Waals surface area contributed by atoms with Crippen LogP contribution in [-0.4, -0.2) is 18.0 Å². The first-order chi connectivity index (χ1) is 7.54. The highest BCUT2D eigenvalue weighted by Gasteiger charge is 2.18. The van der Waals surface area contributed by atoms with Gasteiger partial charge in [0.1, 0.15) is 11.2 Å². The first kappa shape index (κ1) is 13.0. The van der Waals surface area contributed by atoms with E-state index in [0.717, 1.165) is 5.56 Å². The quantitative estimate of drug-likeness (QED) is 0.601. The minimum Gasteiger partial charge on any atom is -0.465 e. The molecule has 0 radical (unpaired) electrons. The van der Waals surface area contributed by atoms with E-state index in [1.54, 1.807) is 19.1 Å². The van der Waals surface area contributed by atoms with Crippen LogP contribution in [0.15, 0.2) is 18.2 Å². The van der Waals surface area contributed by atoms with Crippen molar-refractivity contribution in [3.05, 3.63) is 35.1 Å². The highest BCUT2D eigenvalue weighted by molar-refractivity contribution is 6.30. The zero-order valence-corrected chi connectivity index (χ0v) is 10.1. The fraction of sp³-hybridized carbons (Fsp3) is 0.417. The van der Waals surface area contributed by atoms with Gasteiger partial charge in [0, 0.05) is 6.42 Å². The molecule has 1 atom stereocenters. The number of hydrogen-bond acceptors (Lipinski definition) is 2. The summed E-state index contributed by atoms with van der Waals surface area (Å²) in [5.74, 6) is -0.856. The molecule has 0 aliphatic heterocycles. The van der Waals surface area contributed by atoms with Gasteiger partial charge in [-0.15, -0.1) is 11.6 Å². The van der Waals surface area contributed by atoms with Crippen LogP contribution >= 0.6 is 11.6 Å². The third kappa shape index (κ3) is 3.49. The summed E-state index contributed by atoms with van der Waals surface area (Å²) in [4.78, 5) is 11.3. The molecule has 1 unspecified atom stereocenters. The number of hydrogen-bond donors (Lipinski definition) is 0. The average molecular weight is 245 g/mol. The van der Waals surface area contributed by atoms with E-state index < -0.39 is 11.3 Å². The summed E-state index contributed by atoms with van der Waals surface area (Å²) >= 11 is 5.83. The van der Waals surface area contributed by atoms with Gasteiger partial charge in [-0.25, -0.2) is 4.39 Å². The third-order valence-corrected chi connectivity index (χ3v) is 2.48. The van der Waals surface area contributed by atoms with Crippen molar-refractivity contribution in [2.45, 2.75) is 25.6 Å². The smallest absolute Gasteiger partial charge is 0.324 e. The maximum Gasteiger partial charge on any atom is 0.324 e. The molecular formula is C12H14ClFO2. The van der Waals surface area contributed by atoms with Crippen LogP contribution in [0.25, 0.3) is 0 Å². The Hall–Kier alpha value is -1.09. The summed E-state index contributed by atoms with van der Waals surface area (Å²) in [6.45, 7) is 3.84. The van der Waals surface area contributed by atoms with E-state index in [-0.39, 0.29) is 18.8 Å². The van der Waals surface area contributed by atoms with Crippen LogP contribution in [0.3, 0.4) is 0 Å². The van der Waals surface area contributed by atoms with Gasteiger partial charge >= 0.3 is 5.97 Å². The Morgan fingerprint density at radius 2 is 2.25 bits per heavy atom. The molecule has 0 fully saturated rings. The van der Waals surface area contributed by atoms with E-state index >= 15 is 0 Å². The predicted molar refractivity (Wildman–Crippen MR) is 61.1 cm³/mol. The van der Waals surface area contributed by atoms with Crippen LogP contribution in [0, 0.1) is 12.7 Å². The van der Waals surface area contributed by atoms with Crippen molar-refractivity contribution in [3.8, 4) is 0 Å². The maximum absolute atomic E-state index is 13.4. The van der Waals surface area contributed by atoms with Crippen LogP contribution in [0.4, 0.5) is 4.39 Å². The van der Waals surface area contributed by atoms with Gasteiger partial charge in [-0.05, 0) is 25.5 Å². The molecule has 88 valence electrons. The maximum atomic E-state index is 13.4. The van der Waals surface area contributed by atoms with Crippen molar-refractivity contribution < 1.29 is 13.9 Å². The zero-order valence-electron chi connectivity index (χ0n) is 9.30. The standard InChI is InChI=1S/C12H14ClFO2/c1-3-16-12(15)10(13)7-9-6-8(2)4-5-11(9)14/h4-6,10H,3,7H2,1-2H3. The average Bonchev–Trinajstić information content (AvgIpc) is 2.23. The zero-order chi connectivity index (χ0) is 12.1. The van der Waals surface area contributed by atoms with E-state index in [9.17, 15) is 9.18 Å². The SMILES string of the molecule is CCOC(=O)C(Cl)Cc1cc(C)ccc1F. The number of aryl methyl sites for hydroxylation is 1. The van der Waals surface area contributed by atoms with Crippen LogP contribution in [0.2, 0.25) is 0 Å². The molecule has 1 aromatic rings. The number of ether oxygens (including phenoxy) is 1. The number of halogens is 2. The van der Waals surface area contributed by atoms with E-state index in [2.05, 4.69) is 0 Å². The molecule has 0 N–H and O–H groups in total. The van der Waals surface area contributed by atoms with Gasteiger partial charge in [0.2, 0.25) is 0 Å². The molecule has 2 nitrogen and oxygen atoms in total. The van der Waals surface area contributed by atoms with Gasteiger partial charge in [0.25, 0.3) is 0 Å². The Labute approximate surface area is 99.4 Å². The first-order valence-corrected chi connectivity index (χ1v) is 5.54. The van der Waals surface area contributed by atoms with Gasteiger partial charge in [0.15, 0.2) is 0 Å². The first-order valence-electron chi connectivity index (χ1n) is 5.10. The summed E-state index contributed by atoms with van der Waals surface area (Å²) in [6, 6.07) is 4.73. The topological polar surface area (TPSA) is 26.3 Å². The Kier molecular flexibility index (Phi) is 4.74. The molecule has 0 saturated carbocycles. The lowest BCUT2D eigenvalue weighted by Gasteiger charge is -2.09. The van der Waals surface area contributed by atoms with Crippen molar-refractivity contribution >= 4 is 17.6 Å². The minimum atomic E-state index is -0.837. The molecule has 0 amide bonds. The molecule has 0 heterocycles. The fourth-order valence-electron chi connectivity index (χ4n) is 1.37. The third-order valence-electron chi connectivity index (χ3n) is 2.14. The molecule has 16 heavy (non-hydrogen) atoms. The lowest BCUT2D eigenvalue weighted by atomic mass is 10.1. The molecular weight excluding hydrogens is 231 g/mol. The molecule has 1 rings (SSSR count). The van der Waals surface area contributed by atoms with Crippen LogP contribution < -0.4 is 0 Å². The lowest BCUT2D eigenvalue weighted by molar-refractivity contribution is -0.142. The Morgan fingerprint density at radius 3 is 2.88 bits per heavy atom. The highest BCUT2D eigenvalue weighted by atomic mass is 35.5. The number of esters is 1. The van der Waals surface area contributed by atoms with Crippen molar-refractivity contribution in [1.82, 2.24) is 0 Å². The monoisotopic (exact) mass is 244 g/mol. The second kappa shape index (κ2) is 5.85. The predicted octanol–water partition coefficient (Wildman–Crippen LogP) is 2.85. The van der Waals surface area contributed by atoms with Gasteiger partial charge in [-0.1, -0.05) is 17.7 Å². The second-order valence-corrected chi connectivity index (χ2v) is 4.05. The largest absolute Gasteiger partial charge is 0.465 e. The Morgan fingerprint density at radius 1 is 1.56 bits per heavy atom. The van der Waals surface area contributed by atoms with E-state index in [4.69, 9.17) is 16.3 Å². The molecule has 0 aliphatic rings. The molecule has 0 aliphatic carbocycles. The fourth-order valence-corrected chi connectivity index (χ4v) is 1.60. The van der Waals surface area contributed by atoms with Crippen LogP contribution in [0.5, 0.6) is 0 Å². The Bertz CT molecular complexity index is 379. The van der Waals surface area contributed by atoms with E-state index in [0.29, 0.717) is 5.56 Å². The number of benzene rings is 1. The number of carbonyl (C=O) groups excluding carboxylic acids is 1. The van der Waals surface area contributed by atoms with Crippen molar-refractivity contribution in [2.75, 3.05) is 6.61 Å². The highest BCUT2D eigenvalue weighted by Crippen LogP contribution is 2.15. The van der Waals surface area contributed by atoms with Crippen LogP contribution in [0.1, 0.15) is 18.1 Å². The summed E-state index contributed by atoms with van der Waals surface area (Å²) < 4.78 is 18.1. The molecule has 0 spiro atoms. The molecule has 0 aromatic heterocycles. The van der Waals surface area contributed by atoms with Gasteiger partial charge < -0.3 is 4.74 Å². The van der Waals surface area contributed by atoms with Crippen molar-refractivity contribution in [1.29, 1.82) is 0 Å². The molecule has 4 heteroatoms. The minimum absolute atomic E-state index is 0.147. The van der Waals surface area contributed by atoms with Gasteiger partial charge in [-0.2, -0.15) is 0 Å². The number of alkyl halides is 1. The Balaban J connectivity index is 2.72. The van der Waals surface area contributed by atoms with Gasteiger partial charge in [-0.3, -0.25) is 4.79 Å². The van der Waals surface area contributed by atoms with Gasteiger partial charge in [0.05, 0.1) is 6.61 Å². The summed E-state index contributed by atoms with van der Waals surface area (Å²) in [5, 5.41) is -0.837. The molecule has 0 saturated heterocycles. The summed E-state index contributed by atoms with van der Waals surface area (Å²) in [5.41, 5.74) is 1.37. The number of carbonyl (C=O) groups is 1. The lowest BCUT2D eigenvalue weighted by Crippen LogP contribution is -2.20. The van der Waals surface area contributed by atoms with Crippen LogP contribution in [-0.2, 0) is 16.0 Å². The van der Waals surface area contributed by atoms with Crippen molar-refractivity contribution in [2.24, 2.45) is 0 Å². The summed E-state index contributed by atoms with van der Waals surface area (Å²) in [7, 11) is 0.